The van der Waals surface area contributed by atoms with Crippen LogP contribution in [-0.4, -0.2) is 11.1 Å². The minimum atomic E-state index is 0.310. The molecule has 54 valence electrons. The maximum Gasteiger partial charge on any atom is 0.129 e. The lowest BCUT2D eigenvalue weighted by Crippen LogP contribution is -1.88. The second kappa shape index (κ2) is 6.27. The fourth-order valence-electron chi connectivity index (χ4n) is 0.645. The number of unbranched alkanes of at least 4 members (excludes halogenated alkanes) is 2. The van der Waals surface area contributed by atoms with Crippen molar-refractivity contribution in [3.8, 4) is 0 Å². The quantitative estimate of drug-likeness (QED) is 0.484. The number of hydrogen-bond acceptors (Lipinski definition) is 1. The van der Waals surface area contributed by atoms with Gasteiger partial charge < -0.3 is 4.79 Å². The van der Waals surface area contributed by atoms with Crippen molar-refractivity contribution in [2.24, 2.45) is 0 Å². The van der Waals surface area contributed by atoms with Crippen LogP contribution in [0.25, 0.3) is 0 Å². The minimum Gasteiger partial charge on any atom is -0.300 e. The summed E-state index contributed by atoms with van der Waals surface area (Å²) in [6, 6.07) is 0. The van der Waals surface area contributed by atoms with Crippen molar-refractivity contribution in [2.75, 3.05) is 5.33 Å². The molecule has 9 heavy (non-hydrogen) atoms. The molecule has 0 aromatic carbocycles. The highest BCUT2D eigenvalue weighted by Gasteiger charge is 1.91. The van der Waals surface area contributed by atoms with E-state index in [4.69, 9.17) is 0 Å². The fraction of sp³-hybridized carbons (Fsp3) is 0.857. The molecule has 0 heterocycles. The highest BCUT2D eigenvalue weighted by molar-refractivity contribution is 9.09. The molecule has 0 saturated heterocycles. The molecule has 0 atom stereocenters. The van der Waals surface area contributed by atoms with Crippen LogP contribution < -0.4 is 0 Å². The fourth-order valence-corrected chi connectivity index (χ4v) is 1.04. The summed E-state index contributed by atoms with van der Waals surface area (Å²) < 4.78 is 0. The summed E-state index contributed by atoms with van der Waals surface area (Å²) in [4.78, 5) is 10.4. The van der Waals surface area contributed by atoms with Gasteiger partial charge in [-0.15, -0.1) is 0 Å². The zero-order valence-corrected chi connectivity index (χ0v) is 7.41. The first-order valence-corrected chi connectivity index (χ1v) is 4.45. The number of ketones is 1. The molecule has 0 rings (SSSR count). The third-order valence-corrected chi connectivity index (χ3v) is 1.72. The lowest BCUT2D eigenvalue weighted by molar-refractivity contribution is -0.117. The summed E-state index contributed by atoms with van der Waals surface area (Å²) in [5.74, 6) is 0.310. The van der Waals surface area contributed by atoms with Gasteiger partial charge in [0.1, 0.15) is 5.78 Å². The predicted molar refractivity (Wildman–Crippen MR) is 42.9 cm³/mol. The molecule has 0 saturated carbocycles. The summed E-state index contributed by atoms with van der Waals surface area (Å²) >= 11 is 3.33. The number of alkyl halides is 1. The SMILES string of the molecule is CC(=O)CCCCCBr. The number of Topliss-reactive ketones (excluding diaryl/α,β-unsaturated/α-hetero) is 1. The van der Waals surface area contributed by atoms with E-state index in [1.807, 2.05) is 0 Å². The lowest BCUT2D eigenvalue weighted by atomic mass is 10.2. The Bertz CT molecular complexity index is 81.0. The summed E-state index contributed by atoms with van der Waals surface area (Å²) in [6.45, 7) is 1.65. The Morgan fingerprint density at radius 2 is 2.00 bits per heavy atom. The normalized spacial score (nSPS) is 9.56. The predicted octanol–water partition coefficient (Wildman–Crippen LogP) is 2.53. The second-order valence-electron chi connectivity index (χ2n) is 2.20. The lowest BCUT2D eigenvalue weighted by Gasteiger charge is -1.93. The van der Waals surface area contributed by atoms with Crippen molar-refractivity contribution in [2.45, 2.75) is 32.6 Å². The van der Waals surface area contributed by atoms with Crippen molar-refractivity contribution < 1.29 is 4.79 Å². The van der Waals surface area contributed by atoms with E-state index < -0.39 is 0 Å². The number of rotatable bonds is 5. The van der Waals surface area contributed by atoms with Crippen molar-refractivity contribution in [1.29, 1.82) is 0 Å². The Balaban J connectivity index is 2.83. The van der Waals surface area contributed by atoms with Crippen LogP contribution in [0.15, 0.2) is 0 Å². The van der Waals surface area contributed by atoms with Crippen LogP contribution in [0.1, 0.15) is 32.6 Å². The molecule has 0 aromatic rings. The smallest absolute Gasteiger partial charge is 0.129 e. The average molecular weight is 193 g/mol. The van der Waals surface area contributed by atoms with Crippen molar-refractivity contribution in [3.05, 3.63) is 0 Å². The molecule has 0 radical (unpaired) electrons. The molecular formula is C7H13BrO. The molecule has 0 aliphatic rings. The van der Waals surface area contributed by atoms with E-state index in [2.05, 4.69) is 15.9 Å². The number of carbonyl (C=O) groups is 1. The first-order valence-electron chi connectivity index (χ1n) is 3.32. The summed E-state index contributed by atoms with van der Waals surface area (Å²) in [7, 11) is 0. The Morgan fingerprint density at radius 1 is 1.33 bits per heavy atom. The van der Waals surface area contributed by atoms with Crippen LogP contribution in [0.5, 0.6) is 0 Å². The van der Waals surface area contributed by atoms with Crippen LogP contribution in [0.4, 0.5) is 0 Å². The molecule has 1 nitrogen and oxygen atoms in total. The molecule has 0 N–H and O–H groups in total. The Kier molecular flexibility index (Phi) is 6.38. The van der Waals surface area contributed by atoms with Crippen LogP contribution in [0.3, 0.4) is 0 Å². The molecule has 0 fully saturated rings. The van der Waals surface area contributed by atoms with E-state index in [9.17, 15) is 4.79 Å². The van der Waals surface area contributed by atoms with Gasteiger partial charge in [0.15, 0.2) is 0 Å². The maximum atomic E-state index is 10.4. The van der Waals surface area contributed by atoms with E-state index >= 15 is 0 Å². The third kappa shape index (κ3) is 8.15. The van der Waals surface area contributed by atoms with E-state index in [0.717, 1.165) is 18.2 Å². The molecule has 0 amide bonds. The zero-order chi connectivity index (χ0) is 7.11. The standard InChI is InChI=1S/C7H13BrO/c1-7(9)5-3-2-4-6-8/h2-6H2,1H3. The van der Waals surface area contributed by atoms with Crippen molar-refractivity contribution in [1.82, 2.24) is 0 Å². The molecule has 0 aromatic heterocycles. The van der Waals surface area contributed by atoms with Crippen LogP contribution >= 0.6 is 15.9 Å². The zero-order valence-electron chi connectivity index (χ0n) is 5.82. The van der Waals surface area contributed by atoms with Crippen LogP contribution in [-0.2, 0) is 4.79 Å². The Morgan fingerprint density at radius 3 is 2.44 bits per heavy atom. The van der Waals surface area contributed by atoms with E-state index in [1.54, 1.807) is 6.92 Å². The second-order valence-corrected chi connectivity index (χ2v) is 2.99. The maximum absolute atomic E-state index is 10.4. The molecule has 0 spiro atoms. The molecule has 0 unspecified atom stereocenters. The average Bonchev–Trinajstić information content (AvgIpc) is 1.80. The van der Waals surface area contributed by atoms with Gasteiger partial charge in [-0.05, 0) is 19.8 Å². The van der Waals surface area contributed by atoms with Crippen LogP contribution in [0, 0.1) is 0 Å². The van der Waals surface area contributed by atoms with E-state index in [1.165, 1.54) is 12.8 Å². The van der Waals surface area contributed by atoms with Gasteiger partial charge in [0.05, 0.1) is 0 Å². The summed E-state index contributed by atoms with van der Waals surface area (Å²) in [5, 5.41) is 1.06. The molecule has 0 aliphatic carbocycles. The third-order valence-electron chi connectivity index (χ3n) is 1.16. The van der Waals surface area contributed by atoms with Gasteiger partial charge in [0, 0.05) is 11.8 Å². The topological polar surface area (TPSA) is 17.1 Å². The van der Waals surface area contributed by atoms with Gasteiger partial charge >= 0.3 is 0 Å². The first kappa shape index (κ1) is 9.15. The first-order chi connectivity index (χ1) is 4.27. The molecule has 0 aliphatic heterocycles. The highest BCUT2D eigenvalue weighted by atomic mass is 79.9. The summed E-state index contributed by atoms with van der Waals surface area (Å²) in [6.07, 6.45) is 4.17. The largest absolute Gasteiger partial charge is 0.300 e. The molecule has 0 bridgehead atoms. The van der Waals surface area contributed by atoms with E-state index in [0.29, 0.717) is 5.78 Å². The van der Waals surface area contributed by atoms with Crippen molar-refractivity contribution >= 4 is 21.7 Å². The van der Waals surface area contributed by atoms with Gasteiger partial charge in [-0.25, -0.2) is 0 Å². The minimum absolute atomic E-state index is 0.310. The molecule has 2 heteroatoms. The van der Waals surface area contributed by atoms with Gasteiger partial charge in [0.2, 0.25) is 0 Å². The number of halogens is 1. The number of hydrogen-bond donors (Lipinski definition) is 0. The van der Waals surface area contributed by atoms with E-state index in [-0.39, 0.29) is 0 Å². The Labute approximate surface area is 65.0 Å². The summed E-state index contributed by atoms with van der Waals surface area (Å²) in [5.41, 5.74) is 0. The van der Waals surface area contributed by atoms with Gasteiger partial charge in [0.25, 0.3) is 0 Å². The highest BCUT2D eigenvalue weighted by Crippen LogP contribution is 2.01. The monoisotopic (exact) mass is 192 g/mol. The number of carbonyl (C=O) groups excluding carboxylic acids is 1. The van der Waals surface area contributed by atoms with Crippen molar-refractivity contribution in [3.63, 3.8) is 0 Å². The Hall–Kier alpha value is 0.150. The van der Waals surface area contributed by atoms with Gasteiger partial charge in [-0.1, -0.05) is 22.4 Å². The van der Waals surface area contributed by atoms with Gasteiger partial charge in [-0.3, -0.25) is 0 Å². The van der Waals surface area contributed by atoms with Crippen LogP contribution in [0.2, 0.25) is 0 Å². The van der Waals surface area contributed by atoms with Gasteiger partial charge in [-0.2, -0.15) is 0 Å². The molecular weight excluding hydrogens is 180 g/mol.